The van der Waals surface area contributed by atoms with Crippen molar-refractivity contribution in [3.63, 3.8) is 0 Å². The van der Waals surface area contributed by atoms with Gasteiger partial charge in [-0.2, -0.15) is 0 Å². The van der Waals surface area contributed by atoms with Crippen LogP contribution in [0.3, 0.4) is 0 Å². The standard InChI is InChI=1S/C18H16F2N4O2S/c19-12-7-6-11(8-13(12)20)27(25,26)17-16-15(24-18(17)21)14(22-9-23-16)10-4-2-1-3-5-10/h4,6-9,24H,1-3,5,21H2. The van der Waals surface area contributed by atoms with E-state index in [4.69, 9.17) is 5.73 Å². The second kappa shape index (κ2) is 6.41. The smallest absolute Gasteiger partial charge is 0.212 e. The average Bonchev–Trinajstić information content (AvgIpc) is 3.01. The van der Waals surface area contributed by atoms with Crippen molar-refractivity contribution in [1.29, 1.82) is 0 Å². The molecular formula is C18H16F2N4O2S. The molecule has 27 heavy (non-hydrogen) atoms. The first-order chi connectivity index (χ1) is 12.9. The summed E-state index contributed by atoms with van der Waals surface area (Å²) >= 11 is 0. The maximum Gasteiger partial charge on any atom is 0.212 e. The number of fused-ring (bicyclic) bond motifs is 1. The molecule has 9 heteroatoms. The van der Waals surface area contributed by atoms with Crippen LogP contribution in [0.2, 0.25) is 0 Å². The highest BCUT2D eigenvalue weighted by atomic mass is 32.2. The highest BCUT2D eigenvalue weighted by Gasteiger charge is 2.29. The monoisotopic (exact) mass is 390 g/mol. The summed E-state index contributed by atoms with van der Waals surface area (Å²) < 4.78 is 52.8. The fourth-order valence-electron chi connectivity index (χ4n) is 3.33. The van der Waals surface area contributed by atoms with E-state index >= 15 is 0 Å². The Kier molecular flexibility index (Phi) is 4.18. The second-order valence-corrected chi connectivity index (χ2v) is 8.25. The maximum absolute atomic E-state index is 13.6. The van der Waals surface area contributed by atoms with Crippen LogP contribution in [0.4, 0.5) is 14.6 Å². The van der Waals surface area contributed by atoms with E-state index in [0.717, 1.165) is 43.4 Å². The van der Waals surface area contributed by atoms with Gasteiger partial charge in [0, 0.05) is 0 Å². The lowest BCUT2D eigenvalue weighted by molar-refractivity contribution is 0.504. The number of rotatable bonds is 3. The van der Waals surface area contributed by atoms with Gasteiger partial charge in [0.15, 0.2) is 11.6 Å². The van der Waals surface area contributed by atoms with Crippen molar-refractivity contribution in [3.8, 4) is 0 Å². The molecule has 2 aromatic heterocycles. The van der Waals surface area contributed by atoms with Gasteiger partial charge in [-0.15, -0.1) is 0 Å². The summed E-state index contributed by atoms with van der Waals surface area (Å²) in [5.74, 6) is -2.50. The van der Waals surface area contributed by atoms with Gasteiger partial charge < -0.3 is 10.7 Å². The van der Waals surface area contributed by atoms with Gasteiger partial charge >= 0.3 is 0 Å². The number of H-pyrrole nitrogens is 1. The third-order valence-electron chi connectivity index (χ3n) is 4.63. The number of benzene rings is 1. The van der Waals surface area contributed by atoms with E-state index in [2.05, 4.69) is 21.0 Å². The first-order valence-corrected chi connectivity index (χ1v) is 9.89. The zero-order valence-corrected chi connectivity index (χ0v) is 15.0. The predicted molar refractivity (Wildman–Crippen MR) is 96.6 cm³/mol. The molecule has 0 atom stereocenters. The minimum absolute atomic E-state index is 0.118. The van der Waals surface area contributed by atoms with Crippen LogP contribution in [0, 0.1) is 11.6 Å². The Morgan fingerprint density at radius 3 is 2.63 bits per heavy atom. The molecule has 6 nitrogen and oxygen atoms in total. The number of nitrogens with zero attached hydrogens (tertiary/aromatic N) is 2. The van der Waals surface area contributed by atoms with Gasteiger partial charge in [0.25, 0.3) is 0 Å². The van der Waals surface area contributed by atoms with Crippen LogP contribution in [-0.2, 0) is 9.84 Å². The molecule has 2 heterocycles. The number of anilines is 1. The van der Waals surface area contributed by atoms with Gasteiger partial charge in [0.1, 0.15) is 22.6 Å². The maximum atomic E-state index is 13.6. The zero-order chi connectivity index (χ0) is 19.2. The molecule has 0 saturated carbocycles. The van der Waals surface area contributed by atoms with E-state index in [9.17, 15) is 17.2 Å². The van der Waals surface area contributed by atoms with Crippen LogP contribution in [0.1, 0.15) is 31.4 Å². The lowest BCUT2D eigenvalue weighted by atomic mass is 9.96. The molecule has 0 amide bonds. The minimum atomic E-state index is -4.21. The van der Waals surface area contributed by atoms with Crippen molar-refractivity contribution in [3.05, 3.63) is 47.9 Å². The molecule has 0 radical (unpaired) electrons. The summed E-state index contributed by atoms with van der Waals surface area (Å²) in [5.41, 5.74) is 8.12. The lowest BCUT2D eigenvalue weighted by Gasteiger charge is -2.12. The summed E-state index contributed by atoms with van der Waals surface area (Å²) in [4.78, 5) is 10.6. The fourth-order valence-corrected chi connectivity index (χ4v) is 4.82. The van der Waals surface area contributed by atoms with Gasteiger partial charge in [-0.05, 0) is 49.5 Å². The molecule has 0 unspecified atom stereocenters. The molecule has 0 bridgehead atoms. The molecule has 0 fully saturated rings. The summed E-state index contributed by atoms with van der Waals surface area (Å²) in [5, 5.41) is 0. The largest absolute Gasteiger partial charge is 0.384 e. The van der Waals surface area contributed by atoms with E-state index in [1.807, 2.05) is 0 Å². The number of nitrogens with one attached hydrogen (secondary N) is 1. The summed E-state index contributed by atoms with van der Waals surface area (Å²) in [6.07, 6.45) is 7.23. The number of aromatic amines is 1. The molecule has 140 valence electrons. The number of sulfone groups is 1. The first kappa shape index (κ1) is 17.6. The Hall–Kier alpha value is -2.81. The topological polar surface area (TPSA) is 102 Å². The molecule has 0 saturated heterocycles. The van der Waals surface area contributed by atoms with E-state index in [0.29, 0.717) is 17.3 Å². The summed E-state index contributed by atoms with van der Waals surface area (Å²) in [7, 11) is -4.21. The molecular weight excluding hydrogens is 374 g/mol. The van der Waals surface area contributed by atoms with Crippen LogP contribution in [-0.4, -0.2) is 23.4 Å². The van der Waals surface area contributed by atoms with Crippen LogP contribution in [0.5, 0.6) is 0 Å². The van der Waals surface area contributed by atoms with Gasteiger partial charge in [-0.25, -0.2) is 27.2 Å². The molecule has 1 aliphatic carbocycles. The lowest BCUT2D eigenvalue weighted by Crippen LogP contribution is -2.06. The summed E-state index contributed by atoms with van der Waals surface area (Å²) in [6, 6.07) is 2.40. The van der Waals surface area contributed by atoms with Gasteiger partial charge in [-0.3, -0.25) is 0 Å². The quantitative estimate of drug-likeness (QED) is 0.665. The SMILES string of the molecule is Nc1[nH]c2c(C3=CCCCC3)ncnc2c1S(=O)(=O)c1ccc(F)c(F)c1. The number of aromatic nitrogens is 3. The first-order valence-electron chi connectivity index (χ1n) is 8.41. The number of nitrogens with two attached hydrogens (primary N) is 1. The Bertz CT molecular complexity index is 1190. The fraction of sp³-hybridized carbons (Fsp3) is 0.222. The third kappa shape index (κ3) is 2.87. The van der Waals surface area contributed by atoms with Gasteiger partial charge in [-0.1, -0.05) is 6.08 Å². The van der Waals surface area contributed by atoms with Crippen molar-refractivity contribution < 1.29 is 17.2 Å². The highest BCUT2D eigenvalue weighted by molar-refractivity contribution is 7.92. The Morgan fingerprint density at radius 1 is 1.11 bits per heavy atom. The normalized spacial score (nSPS) is 15.1. The number of nitrogen functional groups attached to an aromatic ring is 1. The minimum Gasteiger partial charge on any atom is -0.384 e. The Morgan fingerprint density at radius 2 is 1.93 bits per heavy atom. The van der Waals surface area contributed by atoms with Crippen LogP contribution < -0.4 is 5.73 Å². The van der Waals surface area contributed by atoms with Crippen LogP contribution in [0.25, 0.3) is 16.6 Å². The molecule has 0 spiro atoms. The average molecular weight is 390 g/mol. The molecule has 1 aliphatic rings. The van der Waals surface area contributed by atoms with Crippen molar-refractivity contribution >= 4 is 32.3 Å². The number of allylic oxidation sites excluding steroid dienone is 2. The van der Waals surface area contributed by atoms with E-state index in [-0.39, 0.29) is 16.2 Å². The van der Waals surface area contributed by atoms with Gasteiger partial charge in [0.05, 0.1) is 16.1 Å². The van der Waals surface area contributed by atoms with Crippen molar-refractivity contribution in [2.24, 2.45) is 0 Å². The number of hydrogen-bond donors (Lipinski definition) is 2. The molecule has 3 aromatic rings. The third-order valence-corrected chi connectivity index (χ3v) is 6.46. The van der Waals surface area contributed by atoms with Crippen LogP contribution in [0.15, 0.2) is 40.4 Å². The Labute approximate surface area is 154 Å². The van der Waals surface area contributed by atoms with Crippen LogP contribution >= 0.6 is 0 Å². The van der Waals surface area contributed by atoms with E-state index < -0.39 is 26.4 Å². The molecule has 1 aromatic carbocycles. The van der Waals surface area contributed by atoms with Crippen molar-refractivity contribution in [2.45, 2.75) is 35.5 Å². The molecule has 0 aliphatic heterocycles. The Balaban J connectivity index is 1.93. The predicted octanol–water partition coefficient (Wildman–Crippen LogP) is 3.61. The van der Waals surface area contributed by atoms with Gasteiger partial charge in [0.2, 0.25) is 9.84 Å². The van der Waals surface area contributed by atoms with E-state index in [1.54, 1.807) is 0 Å². The second-order valence-electron chi connectivity index (χ2n) is 6.37. The zero-order valence-electron chi connectivity index (χ0n) is 14.2. The molecule has 3 N–H and O–H groups in total. The number of hydrogen-bond acceptors (Lipinski definition) is 5. The highest BCUT2D eigenvalue weighted by Crippen LogP contribution is 2.36. The van der Waals surface area contributed by atoms with E-state index in [1.165, 1.54) is 6.33 Å². The summed E-state index contributed by atoms with van der Waals surface area (Å²) in [6.45, 7) is 0. The van der Waals surface area contributed by atoms with Crippen molar-refractivity contribution in [2.75, 3.05) is 5.73 Å². The molecule has 4 rings (SSSR count). The van der Waals surface area contributed by atoms with Crippen molar-refractivity contribution in [1.82, 2.24) is 15.0 Å². The number of halogens is 2.